The monoisotopic (exact) mass is 247 g/mol. The number of nitrogens with one attached hydrogen (secondary N) is 1. The lowest BCUT2D eigenvalue weighted by Crippen LogP contribution is -2.19. The van der Waals surface area contributed by atoms with Gasteiger partial charge in [0.2, 0.25) is 5.88 Å². The van der Waals surface area contributed by atoms with Gasteiger partial charge >= 0.3 is 0 Å². The zero-order valence-electron chi connectivity index (χ0n) is 9.83. The molecule has 0 saturated carbocycles. The molecule has 2 N–H and O–H groups in total. The molecule has 0 unspecified atom stereocenters. The summed E-state index contributed by atoms with van der Waals surface area (Å²) >= 11 is 0. The van der Waals surface area contributed by atoms with Crippen molar-refractivity contribution in [3.8, 4) is 11.6 Å². The van der Waals surface area contributed by atoms with Crippen LogP contribution in [-0.4, -0.2) is 22.3 Å². The number of aromatic nitrogens is 2. The lowest BCUT2D eigenvalue weighted by molar-refractivity contribution is 0.119. The molecule has 0 fully saturated rings. The van der Waals surface area contributed by atoms with Crippen molar-refractivity contribution < 1.29 is 14.7 Å². The molecule has 94 valence electrons. The first-order valence-corrected chi connectivity index (χ1v) is 5.29. The van der Waals surface area contributed by atoms with E-state index in [1.54, 1.807) is 7.11 Å². The molecule has 0 amide bonds. The zero-order chi connectivity index (χ0) is 13.0. The van der Waals surface area contributed by atoms with Crippen molar-refractivity contribution >= 4 is 0 Å². The second kappa shape index (κ2) is 5.22. The molecule has 0 atom stereocenters. The topological polar surface area (TPSA) is 80.4 Å². The first-order chi connectivity index (χ1) is 8.69. The molecule has 0 radical (unpaired) electrons. The Hall–Kier alpha value is -2.50. The molecule has 0 bridgehead atoms. The number of methoxy groups -OCH3 is 1. The van der Waals surface area contributed by atoms with Crippen LogP contribution in [0.25, 0.3) is 0 Å². The smallest absolute Gasteiger partial charge is 0.235 e. The predicted octanol–water partition coefficient (Wildman–Crippen LogP) is 1.19. The molecule has 1 aromatic heterocycles. The van der Waals surface area contributed by atoms with Crippen molar-refractivity contribution in [3.05, 3.63) is 47.4 Å². The molecule has 0 aliphatic carbocycles. The van der Waals surface area contributed by atoms with Gasteiger partial charge in [-0.15, -0.1) is 0 Å². The Labute approximate surface area is 103 Å². The third-order valence-electron chi connectivity index (χ3n) is 2.34. The molecule has 0 saturated heterocycles. The van der Waals surface area contributed by atoms with E-state index in [9.17, 15) is 5.21 Å². The van der Waals surface area contributed by atoms with Crippen molar-refractivity contribution in [2.45, 2.75) is 6.61 Å². The summed E-state index contributed by atoms with van der Waals surface area (Å²) in [6.07, 6.45) is 0. The molecule has 1 aromatic carbocycles. The number of ether oxygens (including phenoxy) is 2. The minimum absolute atomic E-state index is 0.105. The van der Waals surface area contributed by atoms with E-state index in [-0.39, 0.29) is 11.4 Å². The molecule has 2 aromatic rings. The fraction of sp³-hybridized carbons (Fsp3) is 0.167. The van der Waals surface area contributed by atoms with Gasteiger partial charge in [-0.25, -0.2) is 0 Å². The highest BCUT2D eigenvalue weighted by atomic mass is 16.5. The molecule has 2 rings (SSSR count). The number of nitrogens with zero attached hydrogens (tertiary/aromatic N) is 2. The molecule has 1 heterocycles. The van der Waals surface area contributed by atoms with Crippen LogP contribution < -0.4 is 15.0 Å². The van der Waals surface area contributed by atoms with Crippen molar-refractivity contribution in [2.24, 2.45) is 0 Å². The van der Waals surface area contributed by atoms with Crippen LogP contribution in [0.4, 0.5) is 0 Å². The van der Waals surface area contributed by atoms with Gasteiger partial charge in [0.05, 0.1) is 7.11 Å². The lowest BCUT2D eigenvalue weighted by Gasteiger charge is -2.06. The second-order valence-electron chi connectivity index (χ2n) is 3.58. The van der Waals surface area contributed by atoms with E-state index in [0.29, 0.717) is 11.5 Å². The van der Waals surface area contributed by atoms with Crippen LogP contribution in [0.1, 0.15) is 5.56 Å². The van der Waals surface area contributed by atoms with Gasteiger partial charge in [0.1, 0.15) is 12.4 Å². The Balaban J connectivity index is 2.01. The Bertz CT molecular complexity index is 578. The van der Waals surface area contributed by atoms with Crippen molar-refractivity contribution in [1.29, 1.82) is 5.41 Å². The molecule has 0 aliphatic rings. The van der Waals surface area contributed by atoms with E-state index < -0.39 is 0 Å². The van der Waals surface area contributed by atoms with Crippen LogP contribution in [-0.2, 0) is 6.61 Å². The van der Waals surface area contributed by atoms with Crippen LogP contribution >= 0.6 is 0 Å². The summed E-state index contributed by atoms with van der Waals surface area (Å²) in [6, 6.07) is 10.4. The van der Waals surface area contributed by atoms with E-state index in [1.807, 2.05) is 24.3 Å². The maximum atomic E-state index is 9.19. The number of rotatable bonds is 4. The van der Waals surface area contributed by atoms with E-state index in [2.05, 4.69) is 5.10 Å². The third-order valence-corrected chi connectivity index (χ3v) is 2.34. The Morgan fingerprint density at radius 3 is 2.56 bits per heavy atom. The third kappa shape index (κ3) is 2.79. The number of hydrogen-bond donors (Lipinski definition) is 2. The molecule has 0 aliphatic heterocycles. The van der Waals surface area contributed by atoms with Crippen molar-refractivity contribution in [3.63, 3.8) is 0 Å². The second-order valence-corrected chi connectivity index (χ2v) is 3.58. The Morgan fingerprint density at radius 1 is 1.22 bits per heavy atom. The molecular formula is C12H13N3O3. The highest BCUT2D eigenvalue weighted by Gasteiger charge is 1.99. The van der Waals surface area contributed by atoms with E-state index >= 15 is 0 Å². The van der Waals surface area contributed by atoms with Gasteiger partial charge in [-0.2, -0.15) is 0 Å². The predicted molar refractivity (Wildman–Crippen MR) is 62.6 cm³/mol. The van der Waals surface area contributed by atoms with Gasteiger partial charge < -0.3 is 14.7 Å². The molecule has 6 heteroatoms. The molecule has 6 nitrogen and oxygen atoms in total. The van der Waals surface area contributed by atoms with Gasteiger partial charge in [0, 0.05) is 6.07 Å². The standard InChI is InChI=1S/C12H13N3O3/c1-17-10-4-2-9(3-5-10)8-18-12-7-6-11(13)15(16)14-12/h2-7,13,16H,8H2,1H3. The fourth-order valence-corrected chi connectivity index (χ4v) is 1.35. The summed E-state index contributed by atoms with van der Waals surface area (Å²) in [5.74, 6) is 1.04. The van der Waals surface area contributed by atoms with Gasteiger partial charge in [-0.05, 0) is 23.8 Å². The normalized spacial score (nSPS) is 10.1. The first kappa shape index (κ1) is 12.0. The van der Waals surface area contributed by atoms with Crippen LogP contribution in [0, 0.1) is 5.41 Å². The zero-order valence-corrected chi connectivity index (χ0v) is 9.83. The summed E-state index contributed by atoms with van der Waals surface area (Å²) in [4.78, 5) is 0.462. The minimum Gasteiger partial charge on any atom is -0.497 e. The number of benzene rings is 1. The van der Waals surface area contributed by atoms with Crippen molar-refractivity contribution in [1.82, 2.24) is 9.94 Å². The average Bonchev–Trinajstić information content (AvgIpc) is 2.41. The fourth-order valence-electron chi connectivity index (χ4n) is 1.35. The van der Waals surface area contributed by atoms with Crippen LogP contribution in [0.15, 0.2) is 36.4 Å². The van der Waals surface area contributed by atoms with Gasteiger partial charge in [0.25, 0.3) is 0 Å². The molecule has 18 heavy (non-hydrogen) atoms. The number of hydrogen-bond acceptors (Lipinski definition) is 5. The SMILES string of the molecule is COc1ccc(COc2ccc(=N)n(O)n2)cc1. The van der Waals surface area contributed by atoms with Gasteiger partial charge in [-0.1, -0.05) is 22.1 Å². The largest absolute Gasteiger partial charge is 0.497 e. The lowest BCUT2D eigenvalue weighted by atomic mass is 10.2. The highest BCUT2D eigenvalue weighted by molar-refractivity contribution is 5.27. The molecular weight excluding hydrogens is 234 g/mol. The Morgan fingerprint density at radius 2 is 1.94 bits per heavy atom. The van der Waals surface area contributed by atoms with E-state index in [0.717, 1.165) is 11.3 Å². The van der Waals surface area contributed by atoms with Crippen LogP contribution in [0.5, 0.6) is 11.6 Å². The summed E-state index contributed by atoms with van der Waals surface area (Å²) in [5, 5.41) is 20.1. The molecule has 0 spiro atoms. The van der Waals surface area contributed by atoms with E-state index in [1.165, 1.54) is 12.1 Å². The maximum absolute atomic E-state index is 9.19. The summed E-state index contributed by atoms with van der Waals surface area (Å²) in [6.45, 7) is 0.328. The van der Waals surface area contributed by atoms with E-state index in [4.69, 9.17) is 14.9 Å². The van der Waals surface area contributed by atoms with Gasteiger partial charge in [-0.3, -0.25) is 5.41 Å². The van der Waals surface area contributed by atoms with Crippen molar-refractivity contribution in [2.75, 3.05) is 7.11 Å². The maximum Gasteiger partial charge on any atom is 0.235 e. The summed E-state index contributed by atoms with van der Waals surface area (Å²) in [7, 11) is 1.61. The quantitative estimate of drug-likeness (QED) is 0.795. The highest BCUT2D eigenvalue weighted by Crippen LogP contribution is 2.13. The Kier molecular flexibility index (Phi) is 3.47. The first-order valence-electron chi connectivity index (χ1n) is 5.29. The van der Waals surface area contributed by atoms with Crippen LogP contribution in [0.2, 0.25) is 0 Å². The summed E-state index contributed by atoms with van der Waals surface area (Å²) < 4.78 is 10.4. The average molecular weight is 247 g/mol. The minimum atomic E-state index is -0.105. The van der Waals surface area contributed by atoms with Gasteiger partial charge in [0.15, 0.2) is 5.49 Å². The summed E-state index contributed by atoms with van der Waals surface area (Å²) in [5.41, 5.74) is 0.851. The van der Waals surface area contributed by atoms with Crippen LogP contribution in [0.3, 0.4) is 0 Å².